The maximum atomic E-state index is 12.3. The minimum Gasteiger partial charge on any atom is -0.496 e. The Kier molecular flexibility index (Phi) is 6.71. The Morgan fingerprint density at radius 1 is 1.18 bits per heavy atom. The number of nitrogens with zero attached hydrogens (tertiary/aromatic N) is 3. The molecule has 0 atom stereocenters. The molecule has 3 aromatic rings. The Hall–Kier alpha value is -2.80. The van der Waals surface area contributed by atoms with Gasteiger partial charge in [-0.15, -0.1) is 10.2 Å². The highest BCUT2D eigenvalue weighted by atomic mass is 32.2. The molecule has 0 bridgehead atoms. The second-order valence-corrected chi connectivity index (χ2v) is 7.24. The van der Waals surface area contributed by atoms with Gasteiger partial charge >= 0.3 is 0 Å². The number of nitrogens with one attached hydrogen (secondary N) is 1. The maximum absolute atomic E-state index is 12.3. The van der Waals surface area contributed by atoms with Gasteiger partial charge in [-0.3, -0.25) is 4.79 Å². The fourth-order valence-corrected chi connectivity index (χ4v) is 3.73. The van der Waals surface area contributed by atoms with Gasteiger partial charge in [-0.05, 0) is 26.0 Å². The Morgan fingerprint density at radius 2 is 2.00 bits per heavy atom. The zero-order valence-corrected chi connectivity index (χ0v) is 17.1. The van der Waals surface area contributed by atoms with Crippen LogP contribution in [0.2, 0.25) is 0 Å². The van der Waals surface area contributed by atoms with E-state index in [0.717, 1.165) is 34.4 Å². The first-order chi connectivity index (χ1) is 13.6. The monoisotopic (exact) mass is 396 g/mol. The van der Waals surface area contributed by atoms with Gasteiger partial charge in [0.25, 0.3) is 0 Å². The van der Waals surface area contributed by atoms with Crippen molar-refractivity contribution in [2.75, 3.05) is 12.9 Å². The minimum absolute atomic E-state index is 0.0568. The van der Waals surface area contributed by atoms with Crippen LogP contribution < -0.4 is 10.1 Å². The van der Waals surface area contributed by atoms with Crippen LogP contribution in [0.25, 0.3) is 11.4 Å². The quantitative estimate of drug-likeness (QED) is 0.588. The molecule has 0 fully saturated rings. The molecule has 0 unspecified atom stereocenters. The van der Waals surface area contributed by atoms with Crippen molar-refractivity contribution < 1.29 is 9.53 Å². The molecule has 1 aromatic heterocycles. The third kappa shape index (κ3) is 4.72. The number of para-hydroxylation sites is 1. The molecule has 146 valence electrons. The number of amides is 1. The van der Waals surface area contributed by atoms with E-state index in [2.05, 4.69) is 41.5 Å². The summed E-state index contributed by atoms with van der Waals surface area (Å²) in [4.78, 5) is 12.3. The number of thioether (sulfide) groups is 1. The van der Waals surface area contributed by atoms with E-state index in [-0.39, 0.29) is 11.7 Å². The minimum atomic E-state index is -0.0568. The fourth-order valence-electron chi connectivity index (χ4n) is 2.90. The Labute approximate surface area is 169 Å². The third-order valence-corrected chi connectivity index (χ3v) is 5.28. The van der Waals surface area contributed by atoms with Gasteiger partial charge in [0.05, 0.1) is 12.9 Å². The summed E-state index contributed by atoms with van der Waals surface area (Å²) < 4.78 is 7.35. The fraction of sp³-hybridized carbons (Fsp3) is 0.286. The van der Waals surface area contributed by atoms with Gasteiger partial charge in [0.15, 0.2) is 11.0 Å². The van der Waals surface area contributed by atoms with Crippen LogP contribution in [0, 0.1) is 6.92 Å². The van der Waals surface area contributed by atoms with Crippen LogP contribution in [-0.2, 0) is 17.9 Å². The lowest BCUT2D eigenvalue weighted by atomic mass is 10.1. The molecule has 7 heteroatoms. The number of methoxy groups -OCH3 is 1. The molecule has 0 aliphatic heterocycles. The highest BCUT2D eigenvalue weighted by molar-refractivity contribution is 7.99. The number of aromatic nitrogens is 3. The van der Waals surface area contributed by atoms with Crippen LogP contribution in [-0.4, -0.2) is 33.5 Å². The van der Waals surface area contributed by atoms with Crippen molar-refractivity contribution in [2.45, 2.75) is 32.1 Å². The number of rotatable bonds is 8. The first-order valence-corrected chi connectivity index (χ1v) is 10.1. The van der Waals surface area contributed by atoms with E-state index in [0.29, 0.717) is 6.54 Å². The normalized spacial score (nSPS) is 10.7. The predicted octanol–water partition coefficient (Wildman–Crippen LogP) is 3.69. The largest absolute Gasteiger partial charge is 0.496 e. The standard InChI is InChI=1S/C21H24N4O2S/c1-4-25-20(16-10-7-8-15(2)12-16)23-24-21(25)28-14-19(26)22-13-17-9-5-6-11-18(17)27-3/h5-12H,4,13-14H2,1-3H3,(H,22,26). The summed E-state index contributed by atoms with van der Waals surface area (Å²) in [6, 6.07) is 15.8. The van der Waals surface area contributed by atoms with Crippen molar-refractivity contribution in [3.8, 4) is 17.1 Å². The molecular formula is C21H24N4O2S. The first kappa shape index (κ1) is 19.9. The lowest BCUT2D eigenvalue weighted by Crippen LogP contribution is -2.25. The Bertz CT molecular complexity index is 955. The van der Waals surface area contributed by atoms with Crippen LogP contribution in [0.4, 0.5) is 0 Å². The van der Waals surface area contributed by atoms with E-state index in [1.807, 2.05) is 41.0 Å². The molecular weight excluding hydrogens is 372 g/mol. The molecule has 0 saturated heterocycles. The molecule has 1 N–H and O–H groups in total. The summed E-state index contributed by atoms with van der Waals surface area (Å²) in [7, 11) is 1.62. The lowest BCUT2D eigenvalue weighted by Gasteiger charge is -2.10. The first-order valence-electron chi connectivity index (χ1n) is 9.14. The van der Waals surface area contributed by atoms with Crippen molar-refractivity contribution in [1.82, 2.24) is 20.1 Å². The summed E-state index contributed by atoms with van der Waals surface area (Å²) in [6.45, 7) is 5.27. The molecule has 6 nitrogen and oxygen atoms in total. The Morgan fingerprint density at radius 3 is 2.75 bits per heavy atom. The van der Waals surface area contributed by atoms with Crippen LogP contribution in [0.3, 0.4) is 0 Å². The second kappa shape index (κ2) is 9.41. The van der Waals surface area contributed by atoms with Gasteiger partial charge in [-0.1, -0.05) is 53.7 Å². The van der Waals surface area contributed by atoms with Gasteiger partial charge in [-0.2, -0.15) is 0 Å². The third-order valence-electron chi connectivity index (χ3n) is 4.31. The lowest BCUT2D eigenvalue weighted by molar-refractivity contribution is -0.118. The van der Waals surface area contributed by atoms with E-state index in [4.69, 9.17) is 4.74 Å². The zero-order chi connectivity index (χ0) is 19.9. The van der Waals surface area contributed by atoms with Crippen molar-refractivity contribution in [1.29, 1.82) is 0 Å². The molecule has 28 heavy (non-hydrogen) atoms. The number of carbonyl (C=O) groups excluding carboxylic acids is 1. The zero-order valence-electron chi connectivity index (χ0n) is 16.3. The summed E-state index contributed by atoms with van der Waals surface area (Å²) in [5.41, 5.74) is 3.15. The van der Waals surface area contributed by atoms with Crippen LogP contribution >= 0.6 is 11.8 Å². The topological polar surface area (TPSA) is 69.0 Å². The van der Waals surface area contributed by atoms with Crippen molar-refractivity contribution in [3.63, 3.8) is 0 Å². The predicted molar refractivity (Wildman–Crippen MR) is 111 cm³/mol. The molecule has 3 rings (SSSR count). The summed E-state index contributed by atoms with van der Waals surface area (Å²) in [5, 5.41) is 12.3. The van der Waals surface area contributed by atoms with Crippen molar-refractivity contribution >= 4 is 17.7 Å². The van der Waals surface area contributed by atoms with E-state index >= 15 is 0 Å². The number of hydrogen-bond donors (Lipinski definition) is 1. The summed E-state index contributed by atoms with van der Waals surface area (Å²) >= 11 is 1.39. The maximum Gasteiger partial charge on any atom is 0.230 e. The highest BCUT2D eigenvalue weighted by Crippen LogP contribution is 2.24. The smallest absolute Gasteiger partial charge is 0.230 e. The van der Waals surface area contributed by atoms with Gasteiger partial charge in [0, 0.05) is 24.2 Å². The second-order valence-electron chi connectivity index (χ2n) is 6.30. The van der Waals surface area contributed by atoms with Gasteiger partial charge < -0.3 is 14.6 Å². The van der Waals surface area contributed by atoms with Crippen molar-refractivity contribution in [2.24, 2.45) is 0 Å². The molecule has 0 saturated carbocycles. The average Bonchev–Trinajstić information content (AvgIpc) is 3.13. The molecule has 2 aromatic carbocycles. The number of carbonyl (C=O) groups is 1. The molecule has 0 radical (unpaired) electrons. The van der Waals surface area contributed by atoms with E-state index in [1.165, 1.54) is 17.3 Å². The van der Waals surface area contributed by atoms with E-state index in [1.54, 1.807) is 7.11 Å². The highest BCUT2D eigenvalue weighted by Gasteiger charge is 2.15. The van der Waals surface area contributed by atoms with E-state index in [9.17, 15) is 4.79 Å². The molecule has 1 amide bonds. The summed E-state index contributed by atoms with van der Waals surface area (Å²) in [5.74, 6) is 1.81. The number of ether oxygens (including phenoxy) is 1. The average molecular weight is 397 g/mol. The van der Waals surface area contributed by atoms with Crippen molar-refractivity contribution in [3.05, 3.63) is 59.7 Å². The molecule has 0 spiro atoms. The van der Waals surface area contributed by atoms with E-state index < -0.39 is 0 Å². The number of benzene rings is 2. The van der Waals surface area contributed by atoms with Crippen LogP contribution in [0.1, 0.15) is 18.1 Å². The number of aryl methyl sites for hydroxylation is 1. The number of hydrogen-bond acceptors (Lipinski definition) is 5. The van der Waals surface area contributed by atoms with Gasteiger partial charge in [-0.25, -0.2) is 0 Å². The molecule has 1 heterocycles. The molecule has 0 aliphatic carbocycles. The van der Waals surface area contributed by atoms with Gasteiger partial charge in [0.1, 0.15) is 5.75 Å². The van der Waals surface area contributed by atoms with Crippen LogP contribution in [0.15, 0.2) is 53.7 Å². The SMILES string of the molecule is CCn1c(SCC(=O)NCc2ccccc2OC)nnc1-c1cccc(C)c1. The van der Waals surface area contributed by atoms with Gasteiger partial charge in [0.2, 0.25) is 5.91 Å². The molecule has 0 aliphatic rings. The Balaban J connectivity index is 1.62. The van der Waals surface area contributed by atoms with Crippen LogP contribution in [0.5, 0.6) is 5.75 Å². The summed E-state index contributed by atoms with van der Waals surface area (Å²) in [6.07, 6.45) is 0.